The maximum absolute atomic E-state index is 13.2. The smallest absolute Gasteiger partial charge is 0.379 e. The van der Waals surface area contributed by atoms with Gasteiger partial charge in [0.15, 0.2) is 15.4 Å². The number of benzene rings is 2. The van der Waals surface area contributed by atoms with Crippen LogP contribution >= 0.6 is 0 Å². The van der Waals surface area contributed by atoms with Crippen molar-refractivity contribution < 1.29 is 31.5 Å². The van der Waals surface area contributed by atoms with Crippen molar-refractivity contribution in [1.29, 1.82) is 5.26 Å². The molecule has 2 aromatic rings. The molecule has 8 nitrogen and oxygen atoms in total. The van der Waals surface area contributed by atoms with Gasteiger partial charge in [-0.2, -0.15) is 18.4 Å². The SMILES string of the molecule is CC(O)(CS(=O)(=O)c1ccc(C#CC2CCN(C3CCNCC3)CC2)cc1)C(=O)Nc1ccc(C#N)c(C(F)(F)F)c1. The van der Waals surface area contributed by atoms with E-state index in [2.05, 4.69) is 27.4 Å². The number of sulfone groups is 1. The van der Waals surface area contributed by atoms with E-state index in [-0.39, 0.29) is 16.5 Å². The lowest BCUT2D eigenvalue weighted by Crippen LogP contribution is -2.46. The molecular weight excluding hydrogens is 569 g/mol. The Hall–Kier alpha value is -3.42. The van der Waals surface area contributed by atoms with E-state index in [0.717, 1.165) is 58.1 Å². The summed E-state index contributed by atoms with van der Waals surface area (Å²) in [6, 6.07) is 10.4. The monoisotopic (exact) mass is 602 g/mol. The lowest BCUT2D eigenvalue weighted by molar-refractivity contribution is -0.137. The number of nitrogens with one attached hydrogen (secondary N) is 2. The van der Waals surface area contributed by atoms with Gasteiger partial charge in [0.25, 0.3) is 5.91 Å². The minimum absolute atomic E-state index is 0.130. The molecule has 3 N–H and O–H groups in total. The molecule has 0 spiro atoms. The number of alkyl halides is 3. The first-order chi connectivity index (χ1) is 19.8. The summed E-state index contributed by atoms with van der Waals surface area (Å²) in [5.74, 6) is 4.47. The van der Waals surface area contributed by atoms with Gasteiger partial charge in [-0.1, -0.05) is 11.8 Å². The molecule has 1 atom stereocenters. The molecule has 0 bridgehead atoms. The molecule has 224 valence electrons. The molecule has 42 heavy (non-hydrogen) atoms. The normalized spacial score (nSPS) is 18.8. The van der Waals surface area contributed by atoms with Gasteiger partial charge in [-0.05, 0) is 101 Å². The van der Waals surface area contributed by atoms with Gasteiger partial charge >= 0.3 is 6.18 Å². The van der Waals surface area contributed by atoms with Crippen LogP contribution in [-0.4, -0.2) is 67.9 Å². The van der Waals surface area contributed by atoms with Crippen LogP contribution in [0, 0.1) is 29.1 Å². The third kappa shape index (κ3) is 7.90. The minimum atomic E-state index is -4.85. The minimum Gasteiger partial charge on any atom is -0.379 e. The second-order valence-electron chi connectivity index (χ2n) is 10.9. The fraction of sp³-hybridized carbons (Fsp3) is 0.467. The number of hydrogen-bond donors (Lipinski definition) is 3. The fourth-order valence-electron chi connectivity index (χ4n) is 5.25. The first-order valence-electron chi connectivity index (χ1n) is 13.7. The van der Waals surface area contributed by atoms with E-state index in [1.807, 2.05) is 0 Å². The van der Waals surface area contributed by atoms with E-state index in [9.17, 15) is 31.5 Å². The van der Waals surface area contributed by atoms with Gasteiger partial charge in [0.2, 0.25) is 0 Å². The van der Waals surface area contributed by atoms with Gasteiger partial charge in [0.1, 0.15) is 0 Å². The highest BCUT2D eigenvalue weighted by atomic mass is 32.2. The largest absolute Gasteiger partial charge is 0.417 e. The molecule has 2 heterocycles. The maximum Gasteiger partial charge on any atom is 0.417 e. The number of likely N-dealkylation sites (tertiary alicyclic amines) is 1. The van der Waals surface area contributed by atoms with Crippen molar-refractivity contribution in [2.45, 2.75) is 55.3 Å². The molecule has 0 radical (unpaired) electrons. The number of halogens is 3. The Bertz CT molecular complexity index is 1490. The summed E-state index contributed by atoms with van der Waals surface area (Å²) in [5.41, 5.74) is -4.07. The summed E-state index contributed by atoms with van der Waals surface area (Å²) < 4.78 is 65.7. The van der Waals surface area contributed by atoms with E-state index < -0.39 is 44.4 Å². The van der Waals surface area contributed by atoms with Gasteiger partial charge in [0.05, 0.1) is 27.8 Å². The van der Waals surface area contributed by atoms with Crippen LogP contribution in [0.15, 0.2) is 47.4 Å². The van der Waals surface area contributed by atoms with E-state index in [4.69, 9.17) is 5.26 Å². The lowest BCUT2D eigenvalue weighted by atomic mass is 9.94. The number of nitriles is 1. The van der Waals surface area contributed by atoms with Crippen molar-refractivity contribution in [2.24, 2.45) is 5.92 Å². The molecule has 0 saturated carbocycles. The number of nitrogens with zero attached hydrogens (tertiary/aromatic N) is 2. The predicted molar refractivity (Wildman–Crippen MR) is 151 cm³/mol. The third-order valence-electron chi connectivity index (χ3n) is 7.65. The molecule has 0 aliphatic carbocycles. The molecule has 2 aromatic carbocycles. The number of hydrogen-bond acceptors (Lipinski definition) is 7. The Balaban J connectivity index is 1.36. The molecule has 1 unspecified atom stereocenters. The standard InChI is InChI=1S/C30H33F3N4O4S/c1-29(39,28(38)36-24-7-6-23(19-34)27(18-24)30(31,32)33)20-42(40,41)26-8-4-21(5-9-26)2-3-22-12-16-37(17-13-22)25-10-14-35-15-11-25/h4-9,18,22,25,35,39H,10-17,20H2,1H3,(H,36,38). The molecule has 2 aliphatic rings. The molecule has 2 aliphatic heterocycles. The van der Waals surface area contributed by atoms with E-state index in [1.54, 1.807) is 12.1 Å². The Morgan fingerprint density at radius 3 is 2.33 bits per heavy atom. The van der Waals surface area contributed by atoms with Gasteiger partial charge in [-0.25, -0.2) is 8.42 Å². The van der Waals surface area contributed by atoms with Crippen LogP contribution in [0.25, 0.3) is 0 Å². The Labute approximate surface area is 243 Å². The number of piperidine rings is 2. The van der Waals surface area contributed by atoms with E-state index >= 15 is 0 Å². The first-order valence-corrected chi connectivity index (χ1v) is 15.4. The number of aliphatic hydroxyl groups is 1. The number of amides is 1. The molecular formula is C30H33F3N4O4S. The average Bonchev–Trinajstić information content (AvgIpc) is 2.96. The van der Waals surface area contributed by atoms with Crippen LogP contribution in [0.4, 0.5) is 18.9 Å². The zero-order valence-electron chi connectivity index (χ0n) is 23.2. The number of rotatable bonds is 6. The van der Waals surface area contributed by atoms with E-state index in [1.165, 1.54) is 31.0 Å². The number of carbonyl (C=O) groups excluding carboxylic acids is 1. The molecule has 2 saturated heterocycles. The highest BCUT2D eigenvalue weighted by molar-refractivity contribution is 7.91. The predicted octanol–water partition coefficient (Wildman–Crippen LogP) is 3.56. The molecule has 2 fully saturated rings. The van der Waals surface area contributed by atoms with Gasteiger partial charge in [-0.15, -0.1) is 0 Å². The Morgan fingerprint density at radius 1 is 1.10 bits per heavy atom. The number of carbonyl (C=O) groups is 1. The van der Waals surface area contributed by atoms with Crippen LogP contribution in [0.2, 0.25) is 0 Å². The third-order valence-corrected chi connectivity index (χ3v) is 9.58. The van der Waals surface area contributed by atoms with Gasteiger partial charge in [-0.3, -0.25) is 4.79 Å². The second-order valence-corrected chi connectivity index (χ2v) is 12.9. The number of anilines is 1. The van der Waals surface area contributed by atoms with Crippen LogP contribution in [0.3, 0.4) is 0 Å². The zero-order chi connectivity index (χ0) is 30.5. The fourth-order valence-corrected chi connectivity index (χ4v) is 6.84. The van der Waals surface area contributed by atoms with Crippen LogP contribution in [0.1, 0.15) is 49.3 Å². The molecule has 1 amide bonds. The van der Waals surface area contributed by atoms with Crippen molar-refractivity contribution in [2.75, 3.05) is 37.2 Å². The van der Waals surface area contributed by atoms with Crippen LogP contribution < -0.4 is 10.6 Å². The maximum atomic E-state index is 13.2. The highest BCUT2D eigenvalue weighted by Gasteiger charge is 2.38. The first kappa shape index (κ1) is 31.5. The van der Waals surface area contributed by atoms with Gasteiger partial charge in [0, 0.05) is 23.2 Å². The van der Waals surface area contributed by atoms with Crippen molar-refractivity contribution in [3.05, 3.63) is 59.2 Å². The quantitative estimate of drug-likeness (QED) is 0.433. The van der Waals surface area contributed by atoms with Crippen LogP contribution in [0.5, 0.6) is 0 Å². The topological polar surface area (TPSA) is 123 Å². The highest BCUT2D eigenvalue weighted by Crippen LogP contribution is 2.34. The summed E-state index contributed by atoms with van der Waals surface area (Å²) in [4.78, 5) is 15.1. The average molecular weight is 603 g/mol. The molecule has 0 aromatic heterocycles. The summed E-state index contributed by atoms with van der Waals surface area (Å²) in [6.07, 6.45) is -0.531. The van der Waals surface area contributed by atoms with Crippen molar-refractivity contribution >= 4 is 21.4 Å². The Morgan fingerprint density at radius 2 is 1.74 bits per heavy atom. The van der Waals surface area contributed by atoms with Crippen molar-refractivity contribution in [1.82, 2.24) is 10.2 Å². The molecule has 12 heteroatoms. The Kier molecular flexibility index (Phi) is 9.63. The summed E-state index contributed by atoms with van der Waals surface area (Å²) in [6.45, 7) is 5.12. The summed E-state index contributed by atoms with van der Waals surface area (Å²) >= 11 is 0. The summed E-state index contributed by atoms with van der Waals surface area (Å²) in [7, 11) is -4.16. The van der Waals surface area contributed by atoms with Crippen LogP contribution in [-0.2, 0) is 20.8 Å². The van der Waals surface area contributed by atoms with Crippen molar-refractivity contribution in [3.63, 3.8) is 0 Å². The van der Waals surface area contributed by atoms with Crippen molar-refractivity contribution in [3.8, 4) is 17.9 Å². The zero-order valence-corrected chi connectivity index (χ0v) is 24.0. The van der Waals surface area contributed by atoms with E-state index in [0.29, 0.717) is 17.7 Å². The second kappa shape index (κ2) is 12.8. The lowest BCUT2D eigenvalue weighted by Gasteiger charge is -2.38. The molecule has 4 rings (SSSR count). The summed E-state index contributed by atoms with van der Waals surface area (Å²) in [5, 5.41) is 25.1. The van der Waals surface area contributed by atoms with Gasteiger partial charge < -0.3 is 20.6 Å².